The molecule has 2 N–H and O–H groups in total. The molecule has 0 saturated heterocycles. The number of esters is 1. The van der Waals surface area contributed by atoms with Gasteiger partial charge in [0.1, 0.15) is 5.69 Å². The molecular weight excluding hydrogens is 669 g/mol. The van der Waals surface area contributed by atoms with Gasteiger partial charge in [-0.3, -0.25) is 4.79 Å². The van der Waals surface area contributed by atoms with Gasteiger partial charge in [-0.05, 0) is 57.9 Å². The van der Waals surface area contributed by atoms with Gasteiger partial charge in [0.25, 0.3) is 5.91 Å². The lowest BCUT2D eigenvalue weighted by Gasteiger charge is -2.10. The van der Waals surface area contributed by atoms with E-state index in [1.165, 1.54) is 6.21 Å². The smallest absolute Gasteiger partial charge is 0.343 e. The quantitative estimate of drug-likeness (QED) is 0.0812. The average molecular weight is 686 g/mol. The zero-order valence-corrected chi connectivity index (χ0v) is 24.5. The topological polar surface area (TPSA) is 83.5 Å². The van der Waals surface area contributed by atoms with Gasteiger partial charge in [-0.2, -0.15) is 5.10 Å². The molecule has 0 aliphatic rings. The minimum absolute atomic E-state index is 0.252. The highest BCUT2D eigenvalue weighted by Crippen LogP contribution is 2.38. The lowest BCUT2D eigenvalue weighted by atomic mass is 10.0. The summed E-state index contributed by atoms with van der Waals surface area (Å²) in [5.41, 5.74) is 5.71. The fraction of sp³-hybridized carbons (Fsp3) is 0. The third-order valence-corrected chi connectivity index (χ3v) is 7.29. The van der Waals surface area contributed by atoms with E-state index in [4.69, 9.17) is 27.9 Å². The molecule has 4 aromatic carbocycles. The van der Waals surface area contributed by atoms with Crippen molar-refractivity contribution in [2.75, 3.05) is 0 Å². The zero-order chi connectivity index (χ0) is 27.5. The lowest BCUT2D eigenvalue weighted by Crippen LogP contribution is -2.19. The van der Waals surface area contributed by atoms with Crippen LogP contribution in [0.4, 0.5) is 0 Å². The molecule has 194 valence electrons. The molecule has 5 aromatic rings. The Morgan fingerprint density at radius 2 is 1.62 bits per heavy atom. The number of hydrazone groups is 1. The summed E-state index contributed by atoms with van der Waals surface area (Å²) in [7, 11) is 0. The molecule has 1 amide bonds. The maximum atomic E-state index is 13.3. The highest BCUT2D eigenvalue weighted by molar-refractivity contribution is 9.11. The Balaban J connectivity index is 1.46. The zero-order valence-electron chi connectivity index (χ0n) is 19.8. The summed E-state index contributed by atoms with van der Waals surface area (Å²) in [5.74, 6) is -0.772. The van der Waals surface area contributed by atoms with E-state index in [0.717, 1.165) is 10.0 Å². The monoisotopic (exact) mass is 683 g/mol. The first-order valence-electron chi connectivity index (χ1n) is 11.5. The van der Waals surface area contributed by atoms with Crippen molar-refractivity contribution >= 4 is 84.1 Å². The van der Waals surface area contributed by atoms with Crippen LogP contribution in [0, 0.1) is 0 Å². The number of benzene rings is 4. The van der Waals surface area contributed by atoms with Gasteiger partial charge in [-0.25, -0.2) is 10.2 Å². The fourth-order valence-corrected chi connectivity index (χ4v) is 5.90. The van der Waals surface area contributed by atoms with E-state index in [0.29, 0.717) is 42.1 Å². The Labute approximate surface area is 250 Å². The predicted molar refractivity (Wildman–Crippen MR) is 162 cm³/mol. The second kappa shape index (κ2) is 11.8. The van der Waals surface area contributed by atoms with E-state index in [9.17, 15) is 9.59 Å². The number of carbonyl (C=O) groups is 2. The third kappa shape index (κ3) is 5.94. The molecule has 0 unspecified atom stereocenters. The Kier molecular flexibility index (Phi) is 8.18. The van der Waals surface area contributed by atoms with E-state index >= 15 is 0 Å². The Morgan fingerprint density at radius 1 is 0.923 bits per heavy atom. The Bertz CT molecular complexity index is 1740. The Hall–Kier alpha value is -3.43. The van der Waals surface area contributed by atoms with Crippen molar-refractivity contribution in [2.24, 2.45) is 5.10 Å². The summed E-state index contributed by atoms with van der Waals surface area (Å²) in [6.45, 7) is 0. The molecule has 0 fully saturated rings. The minimum atomic E-state index is -0.529. The lowest BCUT2D eigenvalue weighted by molar-refractivity contribution is 0.0733. The van der Waals surface area contributed by atoms with Crippen molar-refractivity contribution in [1.82, 2.24) is 10.4 Å². The average Bonchev–Trinajstić information content (AvgIpc) is 3.31. The number of amides is 1. The van der Waals surface area contributed by atoms with Gasteiger partial charge >= 0.3 is 5.97 Å². The van der Waals surface area contributed by atoms with Gasteiger partial charge in [-0.1, -0.05) is 87.7 Å². The number of hydrogen-bond donors (Lipinski definition) is 2. The molecule has 0 radical (unpaired) electrons. The molecule has 6 nitrogen and oxygen atoms in total. The third-order valence-electron chi connectivity index (χ3n) is 5.72. The van der Waals surface area contributed by atoms with Crippen LogP contribution in [0.2, 0.25) is 10.0 Å². The standard InChI is InChI=1S/C29H17Br2Cl2N3O3/c30-19-11-18(27(22(31)12-19)39-29(38)17-9-5-2-6-10-17)15-34-36-28(37)26-24(16-7-3-1-4-8-16)21-13-20(32)14-23(33)25(21)35-26/h1-15,35H,(H,36,37). The second-order valence-corrected chi connectivity index (χ2v) is 10.9. The maximum Gasteiger partial charge on any atom is 0.343 e. The van der Waals surface area contributed by atoms with Gasteiger partial charge in [0.15, 0.2) is 5.75 Å². The fourth-order valence-electron chi connectivity index (χ4n) is 4.02. The molecule has 0 bridgehead atoms. The number of hydrogen-bond acceptors (Lipinski definition) is 4. The van der Waals surface area contributed by atoms with Crippen molar-refractivity contribution in [3.05, 3.63) is 121 Å². The molecular formula is C29H17Br2Cl2N3O3. The first-order chi connectivity index (χ1) is 18.8. The number of ether oxygens (including phenoxy) is 1. The number of carbonyl (C=O) groups excluding carboxylic acids is 2. The molecule has 5 rings (SSSR count). The largest absolute Gasteiger partial charge is 0.421 e. The van der Waals surface area contributed by atoms with Gasteiger partial charge in [0.2, 0.25) is 0 Å². The van der Waals surface area contributed by atoms with Crippen LogP contribution in [0.5, 0.6) is 5.75 Å². The number of aromatic nitrogens is 1. The van der Waals surface area contributed by atoms with E-state index < -0.39 is 11.9 Å². The highest BCUT2D eigenvalue weighted by Gasteiger charge is 2.21. The van der Waals surface area contributed by atoms with Crippen LogP contribution in [0.3, 0.4) is 0 Å². The van der Waals surface area contributed by atoms with Crippen LogP contribution in [-0.4, -0.2) is 23.1 Å². The molecule has 0 saturated carbocycles. The van der Waals surface area contributed by atoms with Crippen LogP contribution < -0.4 is 10.2 Å². The van der Waals surface area contributed by atoms with Crippen LogP contribution in [0.25, 0.3) is 22.0 Å². The molecule has 10 heteroatoms. The first-order valence-corrected chi connectivity index (χ1v) is 13.8. The van der Waals surface area contributed by atoms with Crippen molar-refractivity contribution in [3.8, 4) is 16.9 Å². The van der Waals surface area contributed by atoms with Gasteiger partial charge < -0.3 is 9.72 Å². The van der Waals surface area contributed by atoms with E-state index in [-0.39, 0.29) is 11.4 Å². The predicted octanol–water partition coefficient (Wildman–Crippen LogP) is 8.65. The van der Waals surface area contributed by atoms with Gasteiger partial charge in [0, 0.05) is 26.0 Å². The van der Waals surface area contributed by atoms with E-state index in [1.807, 2.05) is 36.4 Å². The summed E-state index contributed by atoms with van der Waals surface area (Å²) < 4.78 is 6.90. The summed E-state index contributed by atoms with van der Waals surface area (Å²) in [6, 6.07) is 24.9. The van der Waals surface area contributed by atoms with E-state index in [2.05, 4.69) is 47.4 Å². The number of nitrogens with zero attached hydrogens (tertiary/aromatic N) is 1. The normalized spacial score (nSPS) is 11.2. The summed E-state index contributed by atoms with van der Waals surface area (Å²) >= 11 is 19.6. The van der Waals surface area contributed by atoms with Crippen molar-refractivity contribution < 1.29 is 14.3 Å². The number of H-pyrrole nitrogens is 1. The van der Waals surface area contributed by atoms with Crippen LogP contribution in [-0.2, 0) is 0 Å². The van der Waals surface area contributed by atoms with Crippen molar-refractivity contribution in [3.63, 3.8) is 0 Å². The molecule has 1 aromatic heterocycles. The summed E-state index contributed by atoms with van der Waals surface area (Å²) in [4.78, 5) is 29.1. The van der Waals surface area contributed by atoms with Crippen molar-refractivity contribution in [2.45, 2.75) is 0 Å². The summed E-state index contributed by atoms with van der Waals surface area (Å²) in [6.07, 6.45) is 1.40. The number of fused-ring (bicyclic) bond motifs is 1. The molecule has 1 heterocycles. The SMILES string of the molecule is O=C(Oc1c(Br)cc(Br)cc1C=NNC(=O)c1[nH]c2c(Cl)cc(Cl)cc2c1-c1ccccc1)c1ccccc1. The highest BCUT2D eigenvalue weighted by atomic mass is 79.9. The van der Waals surface area contributed by atoms with Crippen molar-refractivity contribution in [1.29, 1.82) is 0 Å². The second-order valence-electron chi connectivity index (χ2n) is 8.31. The van der Waals surface area contributed by atoms with Crippen LogP contribution in [0.1, 0.15) is 26.4 Å². The molecule has 39 heavy (non-hydrogen) atoms. The molecule has 0 aliphatic heterocycles. The van der Waals surface area contributed by atoms with Crippen LogP contribution >= 0.6 is 55.1 Å². The first kappa shape index (κ1) is 27.1. The van der Waals surface area contributed by atoms with Gasteiger partial charge in [0.05, 0.1) is 26.8 Å². The number of nitrogens with one attached hydrogen (secondary N) is 2. The molecule has 0 atom stereocenters. The summed E-state index contributed by atoms with van der Waals surface area (Å²) in [5, 5.41) is 5.70. The maximum absolute atomic E-state index is 13.3. The Morgan fingerprint density at radius 3 is 2.33 bits per heavy atom. The minimum Gasteiger partial charge on any atom is -0.421 e. The molecule has 0 spiro atoms. The van der Waals surface area contributed by atoms with E-state index in [1.54, 1.807) is 48.5 Å². The van der Waals surface area contributed by atoms with Crippen LogP contribution in [0.15, 0.2) is 99.0 Å². The number of aromatic amines is 1. The van der Waals surface area contributed by atoms with Gasteiger partial charge in [-0.15, -0.1) is 0 Å². The number of halogens is 4. The number of rotatable bonds is 6. The molecule has 0 aliphatic carbocycles.